The zero-order valence-corrected chi connectivity index (χ0v) is 15.7. The van der Waals surface area contributed by atoms with E-state index in [1.54, 1.807) is 11.8 Å². The second-order valence-electron chi connectivity index (χ2n) is 6.53. The van der Waals surface area contributed by atoms with Gasteiger partial charge < -0.3 is 14.2 Å². The van der Waals surface area contributed by atoms with Gasteiger partial charge in [0.2, 0.25) is 0 Å². The molecule has 0 saturated carbocycles. The molecule has 1 atom stereocenters. The third-order valence-electron chi connectivity index (χ3n) is 4.50. The van der Waals surface area contributed by atoms with Crippen molar-refractivity contribution in [2.24, 2.45) is 0 Å². The molecule has 0 spiro atoms. The summed E-state index contributed by atoms with van der Waals surface area (Å²) in [6.45, 7) is 9.13. The van der Waals surface area contributed by atoms with E-state index in [1.807, 2.05) is 6.07 Å². The van der Waals surface area contributed by atoms with E-state index in [0.29, 0.717) is 26.4 Å². The molecule has 0 unspecified atom stereocenters. The van der Waals surface area contributed by atoms with E-state index in [-0.39, 0.29) is 6.10 Å². The highest BCUT2D eigenvalue weighted by atomic mass is 16.5. The van der Waals surface area contributed by atoms with Crippen LogP contribution in [0.25, 0.3) is 0 Å². The van der Waals surface area contributed by atoms with Crippen LogP contribution in [0.1, 0.15) is 23.1 Å². The second kappa shape index (κ2) is 9.07. The van der Waals surface area contributed by atoms with Gasteiger partial charge in [0.15, 0.2) is 5.82 Å². The summed E-state index contributed by atoms with van der Waals surface area (Å²) in [5.41, 5.74) is 2.42. The first kappa shape index (κ1) is 18.8. The molecule has 0 bridgehead atoms. The van der Waals surface area contributed by atoms with Gasteiger partial charge in [-0.25, -0.2) is 4.68 Å². The average molecular weight is 361 g/mol. The maximum atomic E-state index is 5.95. The molecule has 0 aliphatic carbocycles. The van der Waals surface area contributed by atoms with Gasteiger partial charge in [-0.05, 0) is 35.9 Å². The van der Waals surface area contributed by atoms with Crippen LogP contribution in [0.15, 0.2) is 18.2 Å². The molecule has 8 nitrogen and oxygen atoms in total. The van der Waals surface area contributed by atoms with Gasteiger partial charge in [-0.15, -0.1) is 5.10 Å². The van der Waals surface area contributed by atoms with Crippen LogP contribution < -0.4 is 4.74 Å². The normalized spacial score (nSPS) is 18.2. The molecule has 3 rings (SSSR count). The fraction of sp³-hybridized carbons (Fsp3) is 0.611. The van der Waals surface area contributed by atoms with Crippen LogP contribution in [0.5, 0.6) is 5.75 Å². The van der Waals surface area contributed by atoms with E-state index in [2.05, 4.69) is 46.4 Å². The van der Waals surface area contributed by atoms with Crippen LogP contribution >= 0.6 is 0 Å². The summed E-state index contributed by atoms with van der Waals surface area (Å²) in [6, 6.07) is 6.25. The maximum Gasteiger partial charge on any atom is 0.181 e. The molecule has 1 saturated heterocycles. The fourth-order valence-electron chi connectivity index (χ4n) is 3.09. The number of tetrazole rings is 1. The van der Waals surface area contributed by atoms with Crippen molar-refractivity contribution >= 4 is 0 Å². The number of morpholine rings is 1. The van der Waals surface area contributed by atoms with Crippen molar-refractivity contribution in [2.75, 3.05) is 46.6 Å². The third kappa shape index (κ3) is 4.78. The standard InChI is InChI=1S/C18H27N5O3/c1-14-4-5-16(15(2)12-14)25-10-6-22-7-11-26-17(13-22)18-19-20-21-23(18)8-9-24-3/h4-5,12,17H,6-11,13H2,1-3H3/t17-/m0/s1. The molecule has 26 heavy (non-hydrogen) atoms. The minimum absolute atomic E-state index is 0.128. The predicted octanol–water partition coefficient (Wildman–Crippen LogP) is 1.39. The lowest BCUT2D eigenvalue weighted by atomic mass is 10.1. The highest BCUT2D eigenvalue weighted by Crippen LogP contribution is 2.21. The summed E-state index contributed by atoms with van der Waals surface area (Å²) in [5.74, 6) is 1.70. The second-order valence-corrected chi connectivity index (χ2v) is 6.53. The van der Waals surface area contributed by atoms with Crippen LogP contribution in [-0.4, -0.2) is 71.7 Å². The number of hydrogen-bond acceptors (Lipinski definition) is 7. The Bertz CT molecular complexity index is 706. The Hall–Kier alpha value is -2.03. The number of rotatable bonds is 8. The molecule has 8 heteroatoms. The smallest absolute Gasteiger partial charge is 0.181 e. The Morgan fingerprint density at radius 3 is 2.92 bits per heavy atom. The third-order valence-corrected chi connectivity index (χ3v) is 4.50. The molecule has 0 amide bonds. The van der Waals surface area contributed by atoms with Crippen molar-refractivity contribution in [2.45, 2.75) is 26.5 Å². The molecule has 0 N–H and O–H groups in total. The first-order chi connectivity index (χ1) is 12.7. The van der Waals surface area contributed by atoms with Crippen molar-refractivity contribution in [1.29, 1.82) is 0 Å². The van der Waals surface area contributed by atoms with Gasteiger partial charge >= 0.3 is 0 Å². The maximum absolute atomic E-state index is 5.95. The van der Waals surface area contributed by atoms with Crippen molar-refractivity contribution in [1.82, 2.24) is 25.1 Å². The quantitative estimate of drug-likeness (QED) is 0.703. The van der Waals surface area contributed by atoms with Crippen LogP contribution in [0, 0.1) is 13.8 Å². The lowest BCUT2D eigenvalue weighted by molar-refractivity contribution is -0.0395. The van der Waals surface area contributed by atoms with Crippen molar-refractivity contribution in [3.05, 3.63) is 35.2 Å². The van der Waals surface area contributed by atoms with E-state index in [0.717, 1.165) is 31.2 Å². The Morgan fingerprint density at radius 1 is 1.23 bits per heavy atom. The topological polar surface area (TPSA) is 74.5 Å². The number of aryl methyl sites for hydroxylation is 2. The Morgan fingerprint density at radius 2 is 2.12 bits per heavy atom. The molecule has 1 aromatic carbocycles. The Balaban J connectivity index is 1.51. The summed E-state index contributed by atoms with van der Waals surface area (Å²) in [4.78, 5) is 2.33. The van der Waals surface area contributed by atoms with Gasteiger partial charge in [0.1, 0.15) is 18.5 Å². The number of nitrogens with zero attached hydrogens (tertiary/aromatic N) is 5. The average Bonchev–Trinajstić information content (AvgIpc) is 3.10. The summed E-state index contributed by atoms with van der Waals surface area (Å²) in [5, 5.41) is 11.9. The highest BCUT2D eigenvalue weighted by molar-refractivity contribution is 5.35. The van der Waals surface area contributed by atoms with Gasteiger partial charge in [-0.2, -0.15) is 0 Å². The predicted molar refractivity (Wildman–Crippen MR) is 96.2 cm³/mol. The zero-order chi connectivity index (χ0) is 18.4. The van der Waals surface area contributed by atoms with Crippen LogP contribution in [0.3, 0.4) is 0 Å². The highest BCUT2D eigenvalue weighted by Gasteiger charge is 2.26. The Labute approximate surface area is 154 Å². The molecular weight excluding hydrogens is 334 g/mol. The van der Waals surface area contributed by atoms with E-state index < -0.39 is 0 Å². The molecule has 2 heterocycles. The van der Waals surface area contributed by atoms with Crippen molar-refractivity contribution in [3.63, 3.8) is 0 Å². The molecule has 1 fully saturated rings. The minimum Gasteiger partial charge on any atom is -0.492 e. The minimum atomic E-state index is -0.128. The Kier molecular flexibility index (Phi) is 6.54. The number of aromatic nitrogens is 4. The van der Waals surface area contributed by atoms with E-state index in [9.17, 15) is 0 Å². The van der Waals surface area contributed by atoms with Gasteiger partial charge in [-0.3, -0.25) is 4.90 Å². The van der Waals surface area contributed by atoms with Gasteiger partial charge in [0.25, 0.3) is 0 Å². The molecular formula is C18H27N5O3. The number of hydrogen-bond donors (Lipinski definition) is 0. The van der Waals surface area contributed by atoms with Crippen LogP contribution in [0.4, 0.5) is 0 Å². The lowest BCUT2D eigenvalue weighted by Gasteiger charge is -2.32. The lowest BCUT2D eigenvalue weighted by Crippen LogP contribution is -2.41. The summed E-state index contributed by atoms with van der Waals surface area (Å²) >= 11 is 0. The molecule has 1 aromatic heterocycles. The SMILES string of the molecule is COCCn1nnnc1[C@@H]1CN(CCOc2ccc(C)cc2C)CCO1. The molecule has 1 aliphatic heterocycles. The molecule has 142 valence electrons. The van der Waals surface area contributed by atoms with E-state index in [4.69, 9.17) is 14.2 Å². The van der Waals surface area contributed by atoms with Gasteiger partial charge in [-0.1, -0.05) is 17.7 Å². The molecule has 1 aliphatic rings. The molecule has 0 radical (unpaired) electrons. The number of benzene rings is 1. The summed E-state index contributed by atoms with van der Waals surface area (Å²) in [6.07, 6.45) is -0.128. The van der Waals surface area contributed by atoms with Crippen LogP contribution in [-0.2, 0) is 16.0 Å². The van der Waals surface area contributed by atoms with E-state index in [1.165, 1.54) is 11.1 Å². The first-order valence-corrected chi connectivity index (χ1v) is 8.96. The largest absolute Gasteiger partial charge is 0.492 e. The van der Waals surface area contributed by atoms with Crippen LogP contribution in [0.2, 0.25) is 0 Å². The fourth-order valence-corrected chi connectivity index (χ4v) is 3.09. The number of ether oxygens (including phenoxy) is 3. The van der Waals surface area contributed by atoms with E-state index >= 15 is 0 Å². The summed E-state index contributed by atoms with van der Waals surface area (Å²) < 4.78 is 18.7. The zero-order valence-electron chi connectivity index (χ0n) is 15.7. The van der Waals surface area contributed by atoms with Gasteiger partial charge in [0, 0.05) is 26.7 Å². The van der Waals surface area contributed by atoms with Gasteiger partial charge in [0.05, 0.1) is 19.8 Å². The monoisotopic (exact) mass is 361 g/mol. The van der Waals surface area contributed by atoms with Crippen molar-refractivity contribution < 1.29 is 14.2 Å². The molecule has 2 aromatic rings. The first-order valence-electron chi connectivity index (χ1n) is 8.96. The summed E-state index contributed by atoms with van der Waals surface area (Å²) in [7, 11) is 1.67. The van der Waals surface area contributed by atoms with Crippen molar-refractivity contribution in [3.8, 4) is 5.75 Å². The number of methoxy groups -OCH3 is 1.